The second-order valence-electron chi connectivity index (χ2n) is 26.1. The molecule has 0 bridgehead atoms. The molecular weight excluding hydrogens is 1150 g/mol. The molecule has 3 saturated heterocycles. The van der Waals surface area contributed by atoms with Gasteiger partial charge in [0.1, 0.15) is 29.9 Å². The van der Waals surface area contributed by atoms with Crippen LogP contribution in [-0.2, 0) is 34.8 Å². The van der Waals surface area contributed by atoms with Gasteiger partial charge in [-0.25, -0.2) is 8.78 Å². The number of hydrogen-bond acceptors (Lipinski definition) is 9. The molecule has 3 aliphatic heterocycles. The molecule has 3 saturated carbocycles. The quantitative estimate of drug-likeness (QED) is 0.0670. The first-order valence-corrected chi connectivity index (χ1v) is 32.4. The molecule has 9 nitrogen and oxygen atoms in total. The van der Waals surface area contributed by atoms with Crippen molar-refractivity contribution >= 4 is 36.1 Å². The molecule has 90 heavy (non-hydrogen) atoms. The highest BCUT2D eigenvalue weighted by molar-refractivity contribution is 5.77. The van der Waals surface area contributed by atoms with Gasteiger partial charge < -0.3 is 14.2 Å². The fraction of sp³-hybridized carbons (Fsp3) is 0.447. The Hall–Kier alpha value is -7.61. The van der Waals surface area contributed by atoms with Crippen LogP contribution < -0.4 is 0 Å². The number of hydrogen-bond donors (Lipinski definition) is 0. The van der Waals surface area contributed by atoms with E-state index in [4.69, 9.17) is 14.2 Å². The Morgan fingerprint density at radius 3 is 1.19 bits per heavy atom. The average molecular weight is 1230 g/mol. The average Bonchev–Trinajstić information content (AvgIpc) is 1.68. The molecule has 12 rings (SSSR count). The second kappa shape index (κ2) is 28.3. The normalized spacial score (nSPS) is 31.2. The van der Waals surface area contributed by atoms with Crippen LogP contribution >= 0.6 is 0 Å². The molecule has 3 aromatic heterocycles. The number of pyridine rings is 3. The number of aromatic nitrogens is 3. The third kappa shape index (κ3) is 14.3. The van der Waals surface area contributed by atoms with E-state index in [9.17, 15) is 36.3 Å². The molecule has 6 heterocycles. The first kappa shape index (κ1) is 65.3. The summed E-state index contributed by atoms with van der Waals surface area (Å²) in [6.45, 7) is 19.4. The Morgan fingerprint density at radius 2 is 0.833 bits per heavy atom. The Kier molecular flexibility index (Phi) is 20.5. The van der Waals surface area contributed by atoms with E-state index in [-0.39, 0.29) is 89.3 Å². The van der Waals surface area contributed by atoms with Crippen LogP contribution in [0.15, 0.2) is 146 Å². The fourth-order valence-electron chi connectivity index (χ4n) is 16.4. The standard InChI is InChI=1S/C26H28F3NO2.2C25H28FNO2/c1-4-21-15(2)12-23-24(16(3)32-25(23)31)22(21)11-10-20-9-8-18(14-30-20)17-6-5-7-19(13-17)26(27,28)29;1-4-21-15(2)12-23-24(16(3)29-25(23)28)22(21)11-10-20-9-8-18(14-27-20)17-6-5-7-19(26)13-17;1-4-19-15(2)13-22-24(16(3)29-25(22)28)21(19)12-11-18-10-9-17(14-27-18)20-7-5-6-8-23(20)26/h5-11,13-16,21-24H,4,12H2,1-3H3;5-11,13-16,21-24H,4,12H2,1-3H3;5-12,14-16,19,21-22,24H,4,13H2,1-3H3/b2*11-10+;12-11+/t2*15-,16+,21+,22-,23+,24-;15-,16+,19+,21-,22+,24-/m000/s1. The Labute approximate surface area is 527 Å². The van der Waals surface area contributed by atoms with E-state index in [0.29, 0.717) is 64.0 Å². The molecule has 3 aliphatic carbocycles. The molecule has 0 N–H and O–H groups in total. The number of carbonyl (C=O) groups excluding carboxylic acids is 3. The molecule has 0 radical (unpaired) electrons. The number of carbonyl (C=O) groups is 3. The lowest BCUT2D eigenvalue weighted by atomic mass is 9.61. The smallest absolute Gasteiger partial charge is 0.416 e. The minimum absolute atomic E-state index is 0.00819. The summed E-state index contributed by atoms with van der Waals surface area (Å²) < 4.78 is 83.2. The number of benzene rings is 3. The number of ether oxygens (including phenoxy) is 3. The van der Waals surface area contributed by atoms with Crippen LogP contribution in [0.3, 0.4) is 0 Å². The van der Waals surface area contributed by atoms with Crippen molar-refractivity contribution < 1.29 is 50.5 Å². The van der Waals surface area contributed by atoms with Gasteiger partial charge in [-0.3, -0.25) is 29.3 Å². The van der Waals surface area contributed by atoms with Crippen molar-refractivity contribution in [3.63, 3.8) is 0 Å². The number of alkyl halides is 3. The van der Waals surface area contributed by atoms with E-state index in [1.807, 2.05) is 75.4 Å². The molecule has 0 unspecified atom stereocenters. The van der Waals surface area contributed by atoms with E-state index in [2.05, 4.69) is 80.8 Å². The van der Waals surface area contributed by atoms with Gasteiger partial charge in [-0.2, -0.15) is 13.2 Å². The third-order valence-corrected chi connectivity index (χ3v) is 20.8. The Bertz CT molecular complexity index is 3550. The van der Waals surface area contributed by atoms with E-state index in [1.165, 1.54) is 24.3 Å². The molecule has 3 aromatic carbocycles. The summed E-state index contributed by atoms with van der Waals surface area (Å²) in [5, 5.41) is 0. The van der Waals surface area contributed by atoms with E-state index in [1.54, 1.807) is 48.9 Å². The molecule has 6 aliphatic rings. The van der Waals surface area contributed by atoms with Crippen molar-refractivity contribution in [2.24, 2.45) is 88.8 Å². The Balaban J connectivity index is 0.000000149. The number of cyclic esters (lactones) is 3. The van der Waals surface area contributed by atoms with Crippen molar-refractivity contribution in [1.82, 2.24) is 15.0 Å². The predicted molar refractivity (Wildman–Crippen MR) is 342 cm³/mol. The lowest BCUT2D eigenvalue weighted by Gasteiger charge is -2.41. The van der Waals surface area contributed by atoms with Gasteiger partial charge in [-0.15, -0.1) is 0 Å². The first-order chi connectivity index (χ1) is 43.1. The van der Waals surface area contributed by atoms with Gasteiger partial charge in [0.05, 0.1) is 40.4 Å². The molecule has 18 atom stereocenters. The number of rotatable bonds is 12. The van der Waals surface area contributed by atoms with Crippen molar-refractivity contribution in [1.29, 1.82) is 0 Å². The zero-order valence-electron chi connectivity index (χ0n) is 52.9. The number of esters is 3. The van der Waals surface area contributed by atoms with Gasteiger partial charge in [0.15, 0.2) is 0 Å². The summed E-state index contributed by atoms with van der Waals surface area (Å²) in [5.41, 5.74) is 5.92. The minimum atomic E-state index is -4.38. The maximum atomic E-state index is 14.0. The van der Waals surface area contributed by atoms with Crippen molar-refractivity contribution in [2.45, 2.75) is 125 Å². The van der Waals surface area contributed by atoms with E-state index in [0.717, 1.165) is 84.4 Å². The summed E-state index contributed by atoms with van der Waals surface area (Å²) in [6, 6.07) is 29.9. The second-order valence-corrected chi connectivity index (χ2v) is 26.1. The largest absolute Gasteiger partial charge is 0.462 e. The molecular formula is C76H84F5N3O6. The molecule has 6 aromatic rings. The van der Waals surface area contributed by atoms with Gasteiger partial charge in [0.2, 0.25) is 0 Å². The van der Waals surface area contributed by atoms with Crippen LogP contribution in [0.5, 0.6) is 0 Å². The number of nitrogens with zero attached hydrogens (tertiary/aromatic N) is 3. The van der Waals surface area contributed by atoms with Crippen molar-refractivity contribution in [3.8, 4) is 33.4 Å². The molecule has 0 amide bonds. The fourth-order valence-corrected chi connectivity index (χ4v) is 16.4. The van der Waals surface area contributed by atoms with Crippen LogP contribution in [0.1, 0.15) is 123 Å². The van der Waals surface area contributed by atoms with Crippen LogP contribution in [0.2, 0.25) is 0 Å². The summed E-state index contributed by atoms with van der Waals surface area (Å²) in [5.74, 6) is 3.77. The highest BCUT2D eigenvalue weighted by Gasteiger charge is 2.54. The van der Waals surface area contributed by atoms with E-state index >= 15 is 0 Å². The Morgan fingerprint density at radius 1 is 0.456 bits per heavy atom. The monoisotopic (exact) mass is 1230 g/mol. The van der Waals surface area contributed by atoms with Gasteiger partial charge in [0, 0.05) is 58.6 Å². The number of allylic oxidation sites excluding steroid dienone is 3. The highest BCUT2D eigenvalue weighted by atomic mass is 19.4. The summed E-state index contributed by atoms with van der Waals surface area (Å²) in [4.78, 5) is 50.4. The lowest BCUT2D eigenvalue weighted by molar-refractivity contribution is -0.145. The first-order valence-electron chi connectivity index (χ1n) is 32.4. The van der Waals surface area contributed by atoms with Crippen LogP contribution in [0.25, 0.3) is 51.6 Å². The summed E-state index contributed by atoms with van der Waals surface area (Å²) in [6.07, 6.45) is 19.2. The molecule has 14 heteroatoms. The lowest BCUT2D eigenvalue weighted by Crippen LogP contribution is -2.40. The molecule has 474 valence electrons. The predicted octanol–water partition coefficient (Wildman–Crippen LogP) is 18.2. The summed E-state index contributed by atoms with van der Waals surface area (Å²) >= 11 is 0. The molecule has 0 spiro atoms. The van der Waals surface area contributed by atoms with Crippen LogP contribution in [-0.4, -0.2) is 51.2 Å². The maximum Gasteiger partial charge on any atom is 0.416 e. The zero-order valence-corrected chi connectivity index (χ0v) is 52.9. The van der Waals surface area contributed by atoms with Gasteiger partial charge in [0.25, 0.3) is 0 Å². The zero-order chi connectivity index (χ0) is 64.1. The van der Waals surface area contributed by atoms with E-state index < -0.39 is 11.7 Å². The van der Waals surface area contributed by atoms with Crippen LogP contribution in [0.4, 0.5) is 22.0 Å². The van der Waals surface area contributed by atoms with Gasteiger partial charge in [-0.1, -0.05) is 140 Å². The number of halogens is 5. The highest BCUT2D eigenvalue weighted by Crippen LogP contribution is 2.53. The maximum absolute atomic E-state index is 14.0. The van der Waals surface area contributed by atoms with Gasteiger partial charge >= 0.3 is 24.1 Å². The van der Waals surface area contributed by atoms with Gasteiger partial charge in [-0.05, 0) is 171 Å². The minimum Gasteiger partial charge on any atom is -0.462 e. The SMILES string of the molecule is CC[C@H]1[C@H](/C=C/c2ccc(-c3cccc(C(F)(F)F)c3)cn2)[C@@H]2[C@@H](C)OC(=O)[C@@H]2C[C@@H]1C.CC[C@H]1[C@H](/C=C/c2ccc(-c3cccc(F)c3)cn2)[C@@H]2[C@@H](C)OC(=O)[C@@H]2C[C@@H]1C.CC[C@H]1[C@H](/C=C/c2ccc(-c3ccccc3F)cn2)[C@@H]2[C@@H](C)OC(=O)[C@@H]2C[C@@H]1C. The third-order valence-electron chi connectivity index (χ3n) is 20.8. The molecule has 6 fully saturated rings. The van der Waals surface area contributed by atoms with Crippen molar-refractivity contribution in [3.05, 3.63) is 180 Å². The summed E-state index contributed by atoms with van der Waals surface area (Å²) in [7, 11) is 0. The number of fused-ring (bicyclic) bond motifs is 3. The topological polar surface area (TPSA) is 118 Å². The van der Waals surface area contributed by atoms with Crippen LogP contribution in [0, 0.1) is 100 Å². The van der Waals surface area contributed by atoms with Crippen molar-refractivity contribution in [2.75, 3.05) is 0 Å².